The molecule has 0 spiro atoms. The molecule has 0 saturated heterocycles. The molecule has 0 aromatic heterocycles. The van der Waals surface area contributed by atoms with Gasteiger partial charge in [-0.3, -0.25) is 18.6 Å². The van der Waals surface area contributed by atoms with Crippen LogP contribution in [-0.4, -0.2) is 65.7 Å². The van der Waals surface area contributed by atoms with Crippen LogP contribution in [0.5, 0.6) is 0 Å². The molecule has 10 nitrogen and oxygen atoms in total. The van der Waals surface area contributed by atoms with Crippen LogP contribution in [0.3, 0.4) is 0 Å². The zero-order valence-corrected chi connectivity index (χ0v) is 38.4. The van der Waals surface area contributed by atoms with Gasteiger partial charge in [0, 0.05) is 12.8 Å². The number of aliphatic hydroxyl groups excluding tert-OH is 2. The van der Waals surface area contributed by atoms with Gasteiger partial charge in [0.1, 0.15) is 12.7 Å². The Kier molecular flexibility index (Phi) is 42.5. The summed E-state index contributed by atoms with van der Waals surface area (Å²) in [7, 11) is -4.63. The first-order chi connectivity index (χ1) is 28.7. The quantitative estimate of drug-likeness (QED) is 0.0234. The molecule has 0 fully saturated rings. The molecular weight excluding hydrogens is 767 g/mol. The summed E-state index contributed by atoms with van der Waals surface area (Å²) in [6, 6.07) is 0. The average molecular weight is 855 g/mol. The Balaban J connectivity index is 4.30. The Morgan fingerprint density at radius 2 is 0.881 bits per heavy atom. The van der Waals surface area contributed by atoms with Crippen LogP contribution in [0.15, 0.2) is 48.6 Å². The number of aliphatic hydroxyl groups is 2. The van der Waals surface area contributed by atoms with Gasteiger partial charge in [-0.25, -0.2) is 4.57 Å². The topological polar surface area (TPSA) is 149 Å². The van der Waals surface area contributed by atoms with E-state index in [0.29, 0.717) is 12.8 Å². The van der Waals surface area contributed by atoms with Crippen LogP contribution in [0, 0.1) is 0 Å². The van der Waals surface area contributed by atoms with Crippen LogP contribution in [0.2, 0.25) is 0 Å². The van der Waals surface area contributed by atoms with E-state index in [-0.39, 0.29) is 19.4 Å². The van der Waals surface area contributed by atoms with Crippen LogP contribution in [0.25, 0.3) is 0 Å². The predicted molar refractivity (Wildman–Crippen MR) is 242 cm³/mol. The van der Waals surface area contributed by atoms with Gasteiger partial charge in [0.05, 0.1) is 19.8 Å². The van der Waals surface area contributed by atoms with E-state index >= 15 is 0 Å². The fourth-order valence-corrected chi connectivity index (χ4v) is 7.12. The standard InChI is InChI=1S/C48H87O10P/c1-3-5-7-9-11-13-15-17-19-21-22-24-25-27-29-31-33-35-37-39-47(51)55-43-46(44-57-59(53,54)56-42-45(50)41-49)58-48(52)40-38-36-34-32-30-28-26-23-20-18-16-14-12-10-8-6-4-2/h11,13,17,19,22,24,27,29,45-46,49-50H,3-10,12,14-16,18,20-21,23,25-26,28,30-44H2,1-2H3,(H,53,54)/b13-11-,19-17-,24-22-,29-27-/t45-,46+/m0/s1. The van der Waals surface area contributed by atoms with Gasteiger partial charge in [0.15, 0.2) is 6.10 Å². The first-order valence-electron chi connectivity index (χ1n) is 23.6. The van der Waals surface area contributed by atoms with Crippen molar-refractivity contribution in [2.45, 2.75) is 219 Å². The zero-order chi connectivity index (χ0) is 43.3. The lowest BCUT2D eigenvalue weighted by atomic mass is 10.0. The van der Waals surface area contributed by atoms with E-state index in [1.54, 1.807) is 0 Å². The molecule has 3 atom stereocenters. The third kappa shape index (κ3) is 43.8. The van der Waals surface area contributed by atoms with Gasteiger partial charge < -0.3 is 24.6 Å². The first kappa shape index (κ1) is 56.9. The average Bonchev–Trinajstić information content (AvgIpc) is 3.22. The van der Waals surface area contributed by atoms with E-state index in [1.165, 1.54) is 109 Å². The lowest BCUT2D eigenvalue weighted by Crippen LogP contribution is -2.29. The number of phosphoric acid groups is 1. The highest BCUT2D eigenvalue weighted by atomic mass is 31.2. The van der Waals surface area contributed by atoms with E-state index in [0.717, 1.165) is 57.8 Å². The van der Waals surface area contributed by atoms with Gasteiger partial charge in [-0.2, -0.15) is 0 Å². The molecule has 0 aliphatic rings. The van der Waals surface area contributed by atoms with Crippen LogP contribution < -0.4 is 0 Å². The first-order valence-corrected chi connectivity index (χ1v) is 25.1. The molecule has 0 aromatic rings. The largest absolute Gasteiger partial charge is 0.472 e. The SMILES string of the molecule is CCCCC/C=C\C/C=C\C/C=C\C/C=C\CCCCCC(=O)OC[C@H](COP(=O)(O)OC[C@@H](O)CO)OC(=O)CCCCCCCCCCCCCCCCCCC. The highest BCUT2D eigenvalue weighted by Crippen LogP contribution is 2.43. The molecule has 0 radical (unpaired) electrons. The summed E-state index contributed by atoms with van der Waals surface area (Å²) in [6.07, 6.45) is 47.9. The summed E-state index contributed by atoms with van der Waals surface area (Å²) in [6.45, 7) is 2.34. The third-order valence-electron chi connectivity index (χ3n) is 9.99. The Morgan fingerprint density at radius 3 is 1.36 bits per heavy atom. The maximum absolute atomic E-state index is 12.6. The van der Waals surface area contributed by atoms with Crippen molar-refractivity contribution in [2.75, 3.05) is 26.4 Å². The Bertz CT molecular complexity index is 1120. The van der Waals surface area contributed by atoms with Crippen molar-refractivity contribution in [3.8, 4) is 0 Å². The third-order valence-corrected chi connectivity index (χ3v) is 10.9. The van der Waals surface area contributed by atoms with E-state index in [9.17, 15) is 24.2 Å². The van der Waals surface area contributed by atoms with Crippen molar-refractivity contribution >= 4 is 19.8 Å². The number of hydrogen-bond acceptors (Lipinski definition) is 9. The molecule has 0 aliphatic heterocycles. The van der Waals surface area contributed by atoms with E-state index in [2.05, 4.69) is 62.5 Å². The van der Waals surface area contributed by atoms with Crippen molar-refractivity contribution < 1.29 is 47.8 Å². The minimum atomic E-state index is -4.63. The van der Waals surface area contributed by atoms with Gasteiger partial charge >= 0.3 is 19.8 Å². The number of phosphoric ester groups is 1. The van der Waals surface area contributed by atoms with Gasteiger partial charge in [0.25, 0.3) is 0 Å². The van der Waals surface area contributed by atoms with E-state index in [4.69, 9.17) is 23.6 Å². The number of ether oxygens (including phenoxy) is 2. The lowest BCUT2D eigenvalue weighted by Gasteiger charge is -2.20. The molecule has 344 valence electrons. The van der Waals surface area contributed by atoms with Gasteiger partial charge in [-0.1, -0.05) is 184 Å². The molecule has 0 aromatic carbocycles. The molecule has 0 heterocycles. The molecule has 3 N–H and O–H groups in total. The maximum atomic E-state index is 12.6. The molecule has 0 saturated carbocycles. The lowest BCUT2D eigenvalue weighted by molar-refractivity contribution is -0.161. The van der Waals surface area contributed by atoms with Crippen LogP contribution in [0.4, 0.5) is 0 Å². The number of carbonyl (C=O) groups excluding carboxylic acids is 2. The molecule has 0 rings (SSSR count). The predicted octanol–water partition coefficient (Wildman–Crippen LogP) is 12.9. The second-order valence-corrected chi connectivity index (χ2v) is 17.2. The summed E-state index contributed by atoms with van der Waals surface area (Å²) < 4.78 is 32.8. The normalized spacial score (nSPS) is 14.2. The monoisotopic (exact) mass is 855 g/mol. The Morgan fingerprint density at radius 1 is 0.508 bits per heavy atom. The summed E-state index contributed by atoms with van der Waals surface area (Å²) >= 11 is 0. The number of rotatable bonds is 44. The van der Waals surface area contributed by atoms with Crippen molar-refractivity contribution in [1.29, 1.82) is 0 Å². The van der Waals surface area contributed by atoms with Crippen molar-refractivity contribution in [3.05, 3.63) is 48.6 Å². The fourth-order valence-electron chi connectivity index (χ4n) is 6.33. The summed E-state index contributed by atoms with van der Waals surface area (Å²) in [5.41, 5.74) is 0. The molecule has 59 heavy (non-hydrogen) atoms. The van der Waals surface area contributed by atoms with Gasteiger partial charge in [-0.15, -0.1) is 0 Å². The van der Waals surface area contributed by atoms with E-state index < -0.39 is 51.8 Å². The second kappa shape index (κ2) is 44.0. The van der Waals surface area contributed by atoms with E-state index in [1.807, 2.05) is 0 Å². The number of allylic oxidation sites excluding steroid dienone is 8. The molecule has 1 unspecified atom stereocenters. The molecule has 0 aliphatic carbocycles. The number of hydrogen-bond donors (Lipinski definition) is 3. The highest BCUT2D eigenvalue weighted by Gasteiger charge is 2.27. The minimum absolute atomic E-state index is 0.179. The molecule has 11 heteroatoms. The molecular formula is C48H87O10P. The number of esters is 2. The van der Waals surface area contributed by atoms with Crippen molar-refractivity contribution in [3.63, 3.8) is 0 Å². The summed E-state index contributed by atoms with van der Waals surface area (Å²) in [5.74, 6) is -0.955. The maximum Gasteiger partial charge on any atom is 0.472 e. The summed E-state index contributed by atoms with van der Waals surface area (Å²) in [4.78, 5) is 35.1. The van der Waals surface area contributed by atoms with Gasteiger partial charge in [-0.05, 0) is 57.8 Å². The smallest absolute Gasteiger partial charge is 0.462 e. The van der Waals surface area contributed by atoms with Crippen LogP contribution >= 0.6 is 7.82 Å². The summed E-state index contributed by atoms with van der Waals surface area (Å²) in [5, 5.41) is 18.4. The van der Waals surface area contributed by atoms with Gasteiger partial charge in [0.2, 0.25) is 0 Å². The Labute approximate surface area is 360 Å². The van der Waals surface area contributed by atoms with Crippen molar-refractivity contribution in [1.82, 2.24) is 0 Å². The number of unbranched alkanes of at least 4 members (excludes halogenated alkanes) is 22. The second-order valence-electron chi connectivity index (χ2n) is 15.8. The van der Waals surface area contributed by atoms with Crippen LogP contribution in [0.1, 0.15) is 206 Å². The highest BCUT2D eigenvalue weighted by molar-refractivity contribution is 7.47. The zero-order valence-electron chi connectivity index (χ0n) is 37.5. The molecule has 0 amide bonds. The molecule has 0 bridgehead atoms. The minimum Gasteiger partial charge on any atom is -0.462 e. The van der Waals surface area contributed by atoms with Crippen LogP contribution in [-0.2, 0) is 32.7 Å². The Hall–Kier alpha value is -2.07. The van der Waals surface area contributed by atoms with Crippen molar-refractivity contribution in [2.24, 2.45) is 0 Å². The fraction of sp³-hybridized carbons (Fsp3) is 0.792. The number of carbonyl (C=O) groups is 2.